The van der Waals surface area contributed by atoms with E-state index in [0.717, 1.165) is 15.3 Å². The van der Waals surface area contributed by atoms with E-state index in [4.69, 9.17) is 0 Å². The maximum atomic E-state index is 4.15. The molecule has 0 atom stereocenters. The van der Waals surface area contributed by atoms with Crippen molar-refractivity contribution in [1.82, 2.24) is 9.47 Å². The molecule has 0 aromatic carbocycles. The Balaban J connectivity index is 2.80. The molecule has 0 amide bonds. The Morgan fingerprint density at radius 1 is 1.60 bits per heavy atom. The second kappa shape index (κ2) is 2.21. The van der Waals surface area contributed by atoms with E-state index in [1.165, 1.54) is 10.5 Å². The molecule has 0 spiro atoms. The quantitative estimate of drug-likeness (QED) is 0.510. The Morgan fingerprint density at radius 3 is 3.10 bits per heavy atom. The van der Waals surface area contributed by atoms with E-state index in [1.807, 2.05) is 7.05 Å². The number of hydrogen-bond acceptors (Lipinski definition) is 4. The molecule has 6 heteroatoms. The summed E-state index contributed by atoms with van der Waals surface area (Å²) in [5.74, 6) is 0.837. The van der Waals surface area contributed by atoms with Gasteiger partial charge in [-0.05, 0) is 10.3 Å². The van der Waals surface area contributed by atoms with Crippen molar-refractivity contribution in [1.29, 1.82) is 0 Å². The van der Waals surface area contributed by atoms with Gasteiger partial charge in [0.1, 0.15) is 0 Å². The van der Waals surface area contributed by atoms with Gasteiger partial charge in [-0.2, -0.15) is 4.37 Å². The van der Waals surface area contributed by atoms with E-state index in [1.54, 1.807) is 15.0 Å². The molecule has 0 unspecified atom stereocenters. The molecule has 0 saturated carbocycles. The first kappa shape index (κ1) is 6.63. The molecule has 0 saturated heterocycles. The first-order chi connectivity index (χ1) is 4.79. The molecular formula is C4H3BrN3S2+. The van der Waals surface area contributed by atoms with Crippen molar-refractivity contribution < 1.29 is 4.68 Å². The smallest absolute Gasteiger partial charge is 0.154 e. The van der Waals surface area contributed by atoms with Gasteiger partial charge in [0.25, 0.3) is 10.4 Å². The zero-order valence-corrected chi connectivity index (χ0v) is 8.26. The van der Waals surface area contributed by atoms with E-state index in [-0.39, 0.29) is 0 Å². The number of hydrogen-bond donors (Lipinski definition) is 0. The van der Waals surface area contributed by atoms with Gasteiger partial charge in [-0.25, -0.2) is 0 Å². The normalized spacial score (nSPS) is 11.0. The summed E-state index contributed by atoms with van der Waals surface area (Å²) in [7, 11) is 5.00. The summed E-state index contributed by atoms with van der Waals surface area (Å²) in [4.78, 5) is 1.13. The lowest BCUT2D eigenvalue weighted by molar-refractivity contribution is -0.735. The highest BCUT2D eigenvalue weighted by Crippen LogP contribution is 2.31. The number of fused-ring (bicyclic) bond motifs is 1. The molecule has 3 nitrogen and oxygen atoms in total. The zero-order chi connectivity index (χ0) is 7.14. The van der Waals surface area contributed by atoms with Crippen LogP contribution in [0.15, 0.2) is 4.60 Å². The van der Waals surface area contributed by atoms with E-state index < -0.39 is 0 Å². The summed E-state index contributed by atoms with van der Waals surface area (Å²) in [5, 5.41) is 4.15. The van der Waals surface area contributed by atoms with Crippen LogP contribution in [0.1, 0.15) is 0 Å². The maximum Gasteiger partial charge on any atom is 0.295 e. The van der Waals surface area contributed by atoms with E-state index in [0.29, 0.717) is 0 Å². The highest BCUT2D eigenvalue weighted by atomic mass is 79.9. The number of rotatable bonds is 0. The van der Waals surface area contributed by atoms with Crippen LogP contribution >= 0.6 is 36.8 Å². The number of halogens is 1. The lowest BCUT2D eigenvalue weighted by Crippen LogP contribution is -2.30. The molecular weight excluding hydrogens is 234 g/mol. The summed E-state index contributed by atoms with van der Waals surface area (Å²) in [6.07, 6.45) is 0. The van der Waals surface area contributed by atoms with Crippen molar-refractivity contribution in [3.05, 3.63) is 4.60 Å². The summed E-state index contributed by atoms with van der Waals surface area (Å²) in [5.41, 5.74) is 0. The standard InChI is InChI=1S/C4H3BrN3S2/c1-8-3(5)2-4(6-8)7-10-9-2/h1H3/q+1. The van der Waals surface area contributed by atoms with Crippen LogP contribution in [0.2, 0.25) is 0 Å². The van der Waals surface area contributed by atoms with Gasteiger partial charge < -0.3 is 0 Å². The number of nitrogens with zero attached hydrogens (tertiary/aromatic N) is 3. The Hall–Kier alpha value is -0.0700. The number of aryl methyl sites for hydroxylation is 1. The average Bonchev–Trinajstić information content (AvgIpc) is 2.41. The Morgan fingerprint density at radius 2 is 2.40 bits per heavy atom. The van der Waals surface area contributed by atoms with E-state index in [9.17, 15) is 0 Å². The van der Waals surface area contributed by atoms with Crippen LogP contribution in [-0.2, 0) is 7.05 Å². The molecule has 0 aromatic rings. The molecule has 52 valence electrons. The van der Waals surface area contributed by atoms with Crippen molar-refractivity contribution in [3.8, 4) is 10.7 Å². The number of aromatic nitrogens is 3. The average molecular weight is 237 g/mol. The van der Waals surface area contributed by atoms with Crippen molar-refractivity contribution in [2.75, 3.05) is 0 Å². The van der Waals surface area contributed by atoms with E-state index >= 15 is 0 Å². The van der Waals surface area contributed by atoms with Crippen LogP contribution in [0, 0.1) is 0 Å². The second-order valence-electron chi connectivity index (χ2n) is 1.82. The van der Waals surface area contributed by atoms with Crippen molar-refractivity contribution in [2.24, 2.45) is 7.05 Å². The van der Waals surface area contributed by atoms with Crippen LogP contribution in [-0.4, -0.2) is 9.47 Å². The van der Waals surface area contributed by atoms with Crippen LogP contribution in [0.4, 0.5) is 0 Å². The molecule has 2 rings (SSSR count). The fourth-order valence-corrected chi connectivity index (χ4v) is 3.25. The van der Waals surface area contributed by atoms with Crippen LogP contribution < -0.4 is 4.68 Å². The molecule has 0 aliphatic carbocycles. The highest BCUT2D eigenvalue weighted by Gasteiger charge is 2.24. The highest BCUT2D eigenvalue weighted by molar-refractivity contribution is 9.10. The van der Waals surface area contributed by atoms with Gasteiger partial charge in [0.2, 0.25) is 0 Å². The monoisotopic (exact) mass is 236 g/mol. The lowest BCUT2D eigenvalue weighted by Gasteiger charge is -1.72. The van der Waals surface area contributed by atoms with Crippen LogP contribution in [0.5, 0.6) is 0 Å². The van der Waals surface area contributed by atoms with Gasteiger partial charge in [-0.15, -0.1) is 0 Å². The zero-order valence-electron chi connectivity index (χ0n) is 5.04. The van der Waals surface area contributed by atoms with Crippen molar-refractivity contribution >= 4 is 36.8 Å². The predicted octanol–water partition coefficient (Wildman–Crippen LogP) is 1.29. The topological polar surface area (TPSA) is 29.7 Å². The fraction of sp³-hybridized carbons (Fsp3) is 0.250. The van der Waals surface area contributed by atoms with Gasteiger partial charge in [0.15, 0.2) is 11.9 Å². The first-order valence-electron chi connectivity index (χ1n) is 2.56. The SMILES string of the molecule is C[n+]1nc2nssc-2c1Br. The molecule has 2 aliphatic rings. The summed E-state index contributed by atoms with van der Waals surface area (Å²) in [6, 6.07) is 0. The van der Waals surface area contributed by atoms with Crippen molar-refractivity contribution in [2.45, 2.75) is 0 Å². The van der Waals surface area contributed by atoms with Gasteiger partial charge >= 0.3 is 0 Å². The fourth-order valence-electron chi connectivity index (χ4n) is 0.693. The van der Waals surface area contributed by atoms with Crippen LogP contribution in [0.25, 0.3) is 10.7 Å². The first-order valence-corrected chi connectivity index (χ1v) is 5.46. The van der Waals surface area contributed by atoms with Crippen LogP contribution in [0.3, 0.4) is 0 Å². The summed E-state index contributed by atoms with van der Waals surface area (Å²) >= 11 is 3.41. The summed E-state index contributed by atoms with van der Waals surface area (Å²) < 4.78 is 6.89. The van der Waals surface area contributed by atoms with Gasteiger partial charge in [-0.3, -0.25) is 0 Å². The summed E-state index contributed by atoms with van der Waals surface area (Å²) in [6.45, 7) is 0. The molecule has 0 aromatic heterocycles. The molecule has 2 aliphatic heterocycles. The van der Waals surface area contributed by atoms with Gasteiger partial charge in [0.05, 0.1) is 0 Å². The Bertz CT molecular complexity index is 328. The van der Waals surface area contributed by atoms with Gasteiger partial charge in [0, 0.05) is 31.6 Å². The Labute approximate surface area is 73.3 Å². The minimum absolute atomic E-state index is 0.837. The molecule has 2 heterocycles. The molecule has 0 radical (unpaired) electrons. The lowest BCUT2D eigenvalue weighted by atomic mass is 10.6. The van der Waals surface area contributed by atoms with Gasteiger partial charge in [-0.1, -0.05) is 4.68 Å². The minimum atomic E-state index is 0.837. The molecule has 10 heavy (non-hydrogen) atoms. The third-order valence-corrected chi connectivity index (χ3v) is 4.15. The second-order valence-corrected chi connectivity index (χ2v) is 4.42. The third-order valence-electron chi connectivity index (χ3n) is 1.16. The molecule has 0 bridgehead atoms. The Kier molecular flexibility index (Phi) is 1.47. The molecule has 0 N–H and O–H groups in total. The maximum absolute atomic E-state index is 4.15. The predicted molar refractivity (Wildman–Crippen MR) is 43.3 cm³/mol. The molecule has 0 fully saturated rings. The third kappa shape index (κ3) is 0.792. The minimum Gasteiger partial charge on any atom is -0.154 e. The largest absolute Gasteiger partial charge is 0.295 e. The van der Waals surface area contributed by atoms with Crippen molar-refractivity contribution in [3.63, 3.8) is 0 Å². The van der Waals surface area contributed by atoms with E-state index in [2.05, 4.69) is 25.4 Å².